The van der Waals surface area contributed by atoms with Gasteiger partial charge in [0.25, 0.3) is 0 Å². The molecule has 2 N–H and O–H groups in total. The Hall–Kier alpha value is -1.77. The van der Waals surface area contributed by atoms with Gasteiger partial charge in [-0.3, -0.25) is 0 Å². The number of fused-ring (bicyclic) bond motifs is 1. The van der Waals surface area contributed by atoms with Crippen molar-refractivity contribution in [3.63, 3.8) is 0 Å². The van der Waals surface area contributed by atoms with Crippen LogP contribution < -0.4 is 10.5 Å². The molecule has 14 heavy (non-hydrogen) atoms. The number of ether oxygens (including phenoxy) is 1. The molecule has 0 unspecified atom stereocenters. The van der Waals surface area contributed by atoms with Crippen LogP contribution in [0.2, 0.25) is 0 Å². The van der Waals surface area contributed by atoms with Crippen LogP contribution in [0.1, 0.15) is 5.56 Å². The van der Waals surface area contributed by atoms with Crippen LogP contribution in [0.5, 0.6) is 5.88 Å². The molecule has 0 saturated heterocycles. The summed E-state index contributed by atoms with van der Waals surface area (Å²) in [6, 6.07) is 5.81. The van der Waals surface area contributed by atoms with Gasteiger partial charge in [-0.25, -0.2) is 4.98 Å². The molecule has 0 fully saturated rings. The summed E-state index contributed by atoms with van der Waals surface area (Å²) in [6.07, 6.45) is 1.79. The lowest BCUT2D eigenvalue weighted by Crippen LogP contribution is -1.94. The van der Waals surface area contributed by atoms with Gasteiger partial charge in [-0.1, -0.05) is 12.1 Å². The number of aryl methyl sites for hydroxylation is 1. The van der Waals surface area contributed by atoms with Gasteiger partial charge in [-0.15, -0.1) is 0 Å². The number of aromatic nitrogens is 1. The van der Waals surface area contributed by atoms with E-state index in [1.54, 1.807) is 13.3 Å². The van der Waals surface area contributed by atoms with Crippen molar-refractivity contribution in [2.45, 2.75) is 6.92 Å². The van der Waals surface area contributed by atoms with Crippen molar-refractivity contribution in [3.8, 4) is 5.88 Å². The average Bonchev–Trinajstić information content (AvgIpc) is 2.20. The number of pyridine rings is 1. The van der Waals surface area contributed by atoms with E-state index in [4.69, 9.17) is 10.5 Å². The maximum absolute atomic E-state index is 5.88. The molecular formula is C11H12N2O. The zero-order valence-electron chi connectivity index (χ0n) is 8.24. The van der Waals surface area contributed by atoms with Crippen LogP contribution in [0.25, 0.3) is 10.8 Å². The predicted molar refractivity (Wildman–Crippen MR) is 57.4 cm³/mol. The van der Waals surface area contributed by atoms with Crippen molar-refractivity contribution in [1.29, 1.82) is 0 Å². The van der Waals surface area contributed by atoms with E-state index >= 15 is 0 Å². The lowest BCUT2D eigenvalue weighted by Gasteiger charge is -2.08. The summed E-state index contributed by atoms with van der Waals surface area (Å²) < 4.78 is 5.17. The van der Waals surface area contributed by atoms with Crippen molar-refractivity contribution >= 4 is 16.5 Å². The number of methoxy groups -OCH3 is 1. The molecule has 2 aromatic rings. The highest BCUT2D eigenvalue weighted by Gasteiger charge is 2.07. The molecule has 1 aromatic carbocycles. The van der Waals surface area contributed by atoms with E-state index in [1.165, 1.54) is 0 Å². The fraction of sp³-hybridized carbons (Fsp3) is 0.182. The Morgan fingerprint density at radius 2 is 2.14 bits per heavy atom. The number of anilines is 1. The Bertz CT molecular complexity index is 480. The Morgan fingerprint density at radius 3 is 2.86 bits per heavy atom. The van der Waals surface area contributed by atoms with Crippen molar-refractivity contribution in [1.82, 2.24) is 4.98 Å². The Labute approximate surface area is 82.5 Å². The first-order chi connectivity index (χ1) is 6.74. The molecule has 1 aromatic heterocycles. The molecule has 0 amide bonds. The molecule has 0 spiro atoms. The highest BCUT2D eigenvalue weighted by Crippen LogP contribution is 2.30. The molecule has 0 radical (unpaired) electrons. The quantitative estimate of drug-likeness (QED) is 0.697. The van der Waals surface area contributed by atoms with E-state index < -0.39 is 0 Å². The van der Waals surface area contributed by atoms with Crippen LogP contribution in [0, 0.1) is 6.92 Å². The maximum Gasteiger partial charge on any atom is 0.223 e. The molecule has 0 aliphatic carbocycles. The smallest absolute Gasteiger partial charge is 0.223 e. The SMILES string of the molecule is COc1ncc(C)c2cccc(N)c12. The molecule has 0 atom stereocenters. The fourth-order valence-electron chi connectivity index (χ4n) is 1.58. The minimum atomic E-state index is 0.587. The van der Waals surface area contributed by atoms with Gasteiger partial charge in [-0.2, -0.15) is 0 Å². The maximum atomic E-state index is 5.88. The number of rotatable bonds is 1. The molecule has 0 aliphatic rings. The average molecular weight is 188 g/mol. The lowest BCUT2D eigenvalue weighted by atomic mass is 10.1. The number of nitrogens with two attached hydrogens (primary N) is 1. The zero-order chi connectivity index (χ0) is 10.1. The molecule has 72 valence electrons. The second kappa shape index (κ2) is 3.18. The van der Waals surface area contributed by atoms with Crippen LogP contribution in [0.3, 0.4) is 0 Å². The standard InChI is InChI=1S/C11H12N2O/c1-7-6-13-11(14-2)10-8(7)4-3-5-9(10)12/h3-6H,12H2,1-2H3. The lowest BCUT2D eigenvalue weighted by molar-refractivity contribution is 0.403. The summed E-state index contributed by atoms with van der Waals surface area (Å²) in [5.74, 6) is 0.587. The minimum Gasteiger partial charge on any atom is -0.480 e. The third kappa shape index (κ3) is 1.18. The molecule has 1 heterocycles. The normalized spacial score (nSPS) is 10.4. The molecule has 0 aliphatic heterocycles. The van der Waals surface area contributed by atoms with E-state index in [2.05, 4.69) is 4.98 Å². The van der Waals surface area contributed by atoms with E-state index in [0.29, 0.717) is 11.6 Å². The highest BCUT2D eigenvalue weighted by molar-refractivity contribution is 5.98. The topological polar surface area (TPSA) is 48.1 Å². The molecule has 0 bridgehead atoms. The summed E-state index contributed by atoms with van der Waals surface area (Å²) in [5, 5.41) is 1.99. The number of nitrogens with zero attached hydrogens (tertiary/aromatic N) is 1. The van der Waals surface area contributed by atoms with Gasteiger partial charge in [0, 0.05) is 11.9 Å². The van der Waals surface area contributed by atoms with Gasteiger partial charge in [0.05, 0.1) is 12.5 Å². The second-order valence-corrected chi connectivity index (χ2v) is 3.22. The summed E-state index contributed by atoms with van der Waals surface area (Å²) in [5.41, 5.74) is 7.69. The first-order valence-corrected chi connectivity index (χ1v) is 4.42. The van der Waals surface area contributed by atoms with Gasteiger partial charge in [0.2, 0.25) is 5.88 Å². The molecule has 2 rings (SSSR count). The van der Waals surface area contributed by atoms with E-state index in [0.717, 1.165) is 16.3 Å². The van der Waals surface area contributed by atoms with E-state index in [-0.39, 0.29) is 0 Å². The van der Waals surface area contributed by atoms with Crippen molar-refractivity contribution in [3.05, 3.63) is 30.0 Å². The molecule has 3 nitrogen and oxygen atoms in total. The van der Waals surface area contributed by atoms with Gasteiger partial charge < -0.3 is 10.5 Å². The monoisotopic (exact) mass is 188 g/mol. The summed E-state index contributed by atoms with van der Waals surface area (Å²) in [4.78, 5) is 4.18. The first-order valence-electron chi connectivity index (χ1n) is 4.42. The number of hydrogen-bond acceptors (Lipinski definition) is 3. The van der Waals surface area contributed by atoms with Gasteiger partial charge >= 0.3 is 0 Å². The van der Waals surface area contributed by atoms with Crippen LogP contribution in [0.4, 0.5) is 5.69 Å². The third-order valence-electron chi connectivity index (χ3n) is 2.30. The number of benzene rings is 1. The van der Waals surface area contributed by atoms with Crippen LogP contribution in [0.15, 0.2) is 24.4 Å². The number of nitrogen functional groups attached to an aromatic ring is 1. The summed E-state index contributed by atoms with van der Waals surface area (Å²) in [6.45, 7) is 2.01. The van der Waals surface area contributed by atoms with Gasteiger partial charge in [-0.05, 0) is 23.9 Å². The molecule has 3 heteroatoms. The second-order valence-electron chi connectivity index (χ2n) is 3.22. The summed E-state index contributed by atoms with van der Waals surface area (Å²) >= 11 is 0. The van der Waals surface area contributed by atoms with E-state index in [1.807, 2.05) is 25.1 Å². The predicted octanol–water partition coefficient (Wildman–Crippen LogP) is 2.13. The molecule has 0 saturated carbocycles. The largest absolute Gasteiger partial charge is 0.480 e. The van der Waals surface area contributed by atoms with E-state index in [9.17, 15) is 0 Å². The van der Waals surface area contributed by atoms with Crippen LogP contribution in [-0.2, 0) is 0 Å². The fourth-order valence-corrected chi connectivity index (χ4v) is 1.58. The van der Waals surface area contributed by atoms with Gasteiger partial charge in [0.1, 0.15) is 0 Å². The number of hydrogen-bond donors (Lipinski definition) is 1. The first kappa shape index (κ1) is 8.81. The minimum absolute atomic E-state index is 0.587. The van der Waals surface area contributed by atoms with Crippen molar-refractivity contribution in [2.75, 3.05) is 12.8 Å². The van der Waals surface area contributed by atoms with Crippen LogP contribution in [-0.4, -0.2) is 12.1 Å². The summed E-state index contributed by atoms with van der Waals surface area (Å²) in [7, 11) is 1.60. The Balaban J connectivity index is 2.92. The van der Waals surface area contributed by atoms with Crippen molar-refractivity contribution < 1.29 is 4.74 Å². The van der Waals surface area contributed by atoms with Crippen molar-refractivity contribution in [2.24, 2.45) is 0 Å². The highest BCUT2D eigenvalue weighted by atomic mass is 16.5. The zero-order valence-corrected chi connectivity index (χ0v) is 8.24. The van der Waals surface area contributed by atoms with Gasteiger partial charge in [0.15, 0.2) is 0 Å². The Morgan fingerprint density at radius 1 is 1.36 bits per heavy atom. The molecular weight excluding hydrogens is 176 g/mol. The third-order valence-corrected chi connectivity index (χ3v) is 2.30. The van der Waals surface area contributed by atoms with Crippen LogP contribution >= 0.6 is 0 Å². The Kier molecular flexibility index (Phi) is 2.00.